The second kappa shape index (κ2) is 7.14. The molecule has 25 heavy (non-hydrogen) atoms. The Morgan fingerprint density at radius 2 is 2.16 bits per heavy atom. The van der Waals surface area contributed by atoms with Crippen molar-refractivity contribution in [1.29, 1.82) is 0 Å². The van der Waals surface area contributed by atoms with E-state index in [2.05, 4.69) is 15.5 Å². The predicted octanol–water partition coefficient (Wildman–Crippen LogP) is 2.82. The van der Waals surface area contributed by atoms with Crippen molar-refractivity contribution in [3.05, 3.63) is 46.8 Å². The van der Waals surface area contributed by atoms with E-state index in [4.69, 9.17) is 14.3 Å². The summed E-state index contributed by atoms with van der Waals surface area (Å²) >= 11 is 1.45. The molecule has 0 aliphatic carbocycles. The molecule has 0 unspecified atom stereocenters. The summed E-state index contributed by atoms with van der Waals surface area (Å²) in [6.45, 7) is 1.27. The summed E-state index contributed by atoms with van der Waals surface area (Å²) in [6, 6.07) is 8.35. The number of nitrogens with one attached hydrogen (secondary N) is 1. The van der Waals surface area contributed by atoms with Gasteiger partial charge in [-0.25, -0.2) is 4.79 Å². The molecule has 0 aliphatic rings. The molecule has 0 fully saturated rings. The molecule has 0 radical (unpaired) electrons. The highest BCUT2D eigenvalue weighted by Crippen LogP contribution is 2.25. The lowest BCUT2D eigenvalue weighted by Gasteiger charge is -2.08. The summed E-state index contributed by atoms with van der Waals surface area (Å²) in [7, 11) is 0. The number of thiophene rings is 1. The van der Waals surface area contributed by atoms with E-state index in [0.29, 0.717) is 22.8 Å². The van der Waals surface area contributed by atoms with Gasteiger partial charge in [0.1, 0.15) is 5.75 Å². The number of hydrogen-bond acceptors (Lipinski definition) is 7. The quantitative estimate of drug-likeness (QED) is 0.695. The fraction of sp³-hybridized carbons (Fsp3) is 0.125. The highest BCUT2D eigenvalue weighted by molar-refractivity contribution is 7.13. The number of carboxylic acids is 1. The Hall–Kier alpha value is -3.20. The van der Waals surface area contributed by atoms with E-state index < -0.39 is 18.5 Å². The van der Waals surface area contributed by atoms with Crippen LogP contribution in [0.25, 0.3) is 10.8 Å². The van der Waals surface area contributed by atoms with Crippen LogP contribution in [0.4, 0.5) is 6.01 Å². The zero-order valence-corrected chi connectivity index (χ0v) is 13.9. The van der Waals surface area contributed by atoms with Crippen molar-refractivity contribution >= 4 is 29.2 Å². The van der Waals surface area contributed by atoms with E-state index in [1.807, 2.05) is 17.5 Å². The van der Waals surface area contributed by atoms with Crippen LogP contribution in [0.1, 0.15) is 15.9 Å². The largest absolute Gasteiger partial charge is 0.482 e. The maximum Gasteiger partial charge on any atom is 0.341 e. The lowest BCUT2D eigenvalue weighted by atomic mass is 10.1. The Balaban J connectivity index is 1.70. The van der Waals surface area contributed by atoms with Gasteiger partial charge in [0, 0.05) is 5.56 Å². The van der Waals surface area contributed by atoms with Gasteiger partial charge in [-0.15, -0.1) is 16.4 Å². The summed E-state index contributed by atoms with van der Waals surface area (Å²) in [6.07, 6.45) is 0. The van der Waals surface area contributed by atoms with E-state index in [-0.39, 0.29) is 6.01 Å². The van der Waals surface area contributed by atoms with Crippen LogP contribution >= 0.6 is 11.3 Å². The molecule has 3 rings (SSSR count). The molecule has 2 heterocycles. The minimum atomic E-state index is -1.07. The van der Waals surface area contributed by atoms with Gasteiger partial charge in [0.05, 0.1) is 4.88 Å². The fourth-order valence-corrected chi connectivity index (χ4v) is 2.71. The fourth-order valence-electron chi connectivity index (χ4n) is 2.06. The number of ether oxygens (including phenoxy) is 1. The van der Waals surface area contributed by atoms with Gasteiger partial charge in [-0.3, -0.25) is 10.1 Å². The molecule has 3 aromatic rings. The number of hydrogen-bond donors (Lipinski definition) is 2. The van der Waals surface area contributed by atoms with Gasteiger partial charge in [0.2, 0.25) is 0 Å². The van der Waals surface area contributed by atoms with Gasteiger partial charge in [-0.1, -0.05) is 11.2 Å². The minimum absolute atomic E-state index is 0.000922. The first kappa shape index (κ1) is 16.7. The molecule has 1 aromatic carbocycles. The van der Waals surface area contributed by atoms with Crippen LogP contribution in [0.15, 0.2) is 40.1 Å². The van der Waals surface area contributed by atoms with Crippen LogP contribution in [0.3, 0.4) is 0 Å². The molecule has 2 N–H and O–H groups in total. The van der Waals surface area contributed by atoms with E-state index >= 15 is 0 Å². The zero-order chi connectivity index (χ0) is 17.8. The molecule has 0 atom stereocenters. The molecule has 8 nitrogen and oxygen atoms in total. The van der Waals surface area contributed by atoms with Crippen molar-refractivity contribution in [2.24, 2.45) is 0 Å². The first-order chi connectivity index (χ1) is 12.0. The van der Waals surface area contributed by atoms with Crippen molar-refractivity contribution in [3.8, 4) is 16.5 Å². The van der Waals surface area contributed by atoms with Crippen molar-refractivity contribution < 1.29 is 23.8 Å². The number of nitrogens with zero attached hydrogens (tertiary/aromatic N) is 2. The van der Waals surface area contributed by atoms with Crippen molar-refractivity contribution in [2.75, 3.05) is 11.9 Å². The highest BCUT2D eigenvalue weighted by Gasteiger charge is 2.15. The third kappa shape index (κ3) is 4.01. The number of rotatable bonds is 6. The van der Waals surface area contributed by atoms with E-state index in [9.17, 15) is 9.59 Å². The average molecular weight is 359 g/mol. The number of benzene rings is 1. The van der Waals surface area contributed by atoms with E-state index in [0.717, 1.165) is 4.88 Å². The van der Waals surface area contributed by atoms with Crippen LogP contribution in [0, 0.1) is 6.92 Å². The Morgan fingerprint density at radius 1 is 1.32 bits per heavy atom. The summed E-state index contributed by atoms with van der Waals surface area (Å²) < 4.78 is 10.5. The first-order valence-electron chi connectivity index (χ1n) is 7.17. The second-order valence-electron chi connectivity index (χ2n) is 5.00. The molecule has 0 bridgehead atoms. The summed E-state index contributed by atoms with van der Waals surface area (Å²) in [5.74, 6) is -0.783. The maximum atomic E-state index is 12.3. The summed E-state index contributed by atoms with van der Waals surface area (Å²) in [5.41, 5.74) is 1.01. The third-order valence-electron chi connectivity index (χ3n) is 3.18. The van der Waals surface area contributed by atoms with Crippen LogP contribution in [-0.4, -0.2) is 33.8 Å². The molecule has 9 heteroatoms. The van der Waals surface area contributed by atoms with Crippen molar-refractivity contribution in [2.45, 2.75) is 6.92 Å². The van der Waals surface area contributed by atoms with Gasteiger partial charge in [0.25, 0.3) is 11.8 Å². The predicted molar refractivity (Wildman–Crippen MR) is 89.9 cm³/mol. The van der Waals surface area contributed by atoms with Gasteiger partial charge < -0.3 is 14.3 Å². The SMILES string of the molecule is Cc1cc(OCC(=O)O)ccc1C(=O)Nc1nnc(-c2cccs2)o1. The van der Waals surface area contributed by atoms with Crippen molar-refractivity contribution in [1.82, 2.24) is 10.2 Å². The van der Waals surface area contributed by atoms with E-state index in [1.54, 1.807) is 19.1 Å². The topological polar surface area (TPSA) is 115 Å². The Labute approximate surface area is 146 Å². The van der Waals surface area contributed by atoms with Gasteiger partial charge in [-0.2, -0.15) is 0 Å². The number of carbonyl (C=O) groups is 2. The normalized spacial score (nSPS) is 10.4. The maximum absolute atomic E-state index is 12.3. The first-order valence-corrected chi connectivity index (χ1v) is 8.05. The second-order valence-corrected chi connectivity index (χ2v) is 5.95. The molecule has 2 aromatic heterocycles. The molecule has 0 saturated heterocycles. The smallest absolute Gasteiger partial charge is 0.341 e. The lowest BCUT2D eigenvalue weighted by molar-refractivity contribution is -0.139. The average Bonchev–Trinajstić information content (AvgIpc) is 3.24. The van der Waals surface area contributed by atoms with E-state index in [1.165, 1.54) is 17.4 Å². The monoisotopic (exact) mass is 359 g/mol. The Bertz CT molecular complexity index is 904. The molecule has 0 saturated carbocycles. The number of carboxylic acid groups (broad SMARTS) is 1. The molecule has 0 spiro atoms. The number of anilines is 1. The van der Waals surface area contributed by atoms with Crippen LogP contribution in [-0.2, 0) is 4.79 Å². The van der Waals surface area contributed by atoms with Crippen LogP contribution in [0.5, 0.6) is 5.75 Å². The lowest BCUT2D eigenvalue weighted by Crippen LogP contribution is -2.14. The number of aliphatic carboxylic acids is 1. The molecule has 128 valence electrons. The summed E-state index contributed by atoms with van der Waals surface area (Å²) in [4.78, 5) is 23.7. The molecule has 0 aliphatic heterocycles. The van der Waals surface area contributed by atoms with Gasteiger partial charge in [0.15, 0.2) is 6.61 Å². The number of carbonyl (C=O) groups excluding carboxylic acids is 1. The number of amides is 1. The highest BCUT2D eigenvalue weighted by atomic mass is 32.1. The van der Waals surface area contributed by atoms with Crippen molar-refractivity contribution in [3.63, 3.8) is 0 Å². The van der Waals surface area contributed by atoms with Gasteiger partial charge in [-0.05, 0) is 42.1 Å². The van der Waals surface area contributed by atoms with Crippen LogP contribution < -0.4 is 10.1 Å². The zero-order valence-electron chi connectivity index (χ0n) is 13.1. The van der Waals surface area contributed by atoms with Crippen LogP contribution in [0.2, 0.25) is 0 Å². The molecular formula is C16H13N3O5S. The standard InChI is InChI=1S/C16H13N3O5S/c1-9-7-10(23-8-13(20)21)4-5-11(9)14(22)17-16-19-18-15(24-16)12-3-2-6-25-12/h2-7H,8H2,1H3,(H,20,21)(H,17,19,22). The minimum Gasteiger partial charge on any atom is -0.482 e. The Morgan fingerprint density at radius 3 is 2.84 bits per heavy atom. The number of aryl methyl sites for hydroxylation is 1. The number of aromatic nitrogens is 2. The third-order valence-corrected chi connectivity index (χ3v) is 4.04. The molecular weight excluding hydrogens is 346 g/mol. The summed E-state index contributed by atoms with van der Waals surface area (Å²) in [5, 5.41) is 20.7. The Kier molecular flexibility index (Phi) is 4.75. The molecule has 1 amide bonds. The van der Waals surface area contributed by atoms with Gasteiger partial charge >= 0.3 is 12.0 Å².